The van der Waals surface area contributed by atoms with Gasteiger partial charge in [0, 0.05) is 6.42 Å². The van der Waals surface area contributed by atoms with Gasteiger partial charge in [0.15, 0.2) is 6.04 Å². The fraction of sp³-hybridized carbons (Fsp3) is 0.429. The van der Waals surface area contributed by atoms with E-state index >= 15 is 0 Å². The Morgan fingerprint density at radius 1 is 1.35 bits per heavy atom. The van der Waals surface area contributed by atoms with Crippen LogP contribution in [-0.2, 0) is 14.3 Å². The molecule has 1 atom stereocenters. The third-order valence-electron chi connectivity index (χ3n) is 3.27. The van der Waals surface area contributed by atoms with Crippen molar-refractivity contribution in [3.05, 3.63) is 35.9 Å². The lowest BCUT2D eigenvalue weighted by Crippen LogP contribution is -2.44. The Kier molecular flexibility index (Phi) is 5.98. The first-order valence-electron chi connectivity index (χ1n) is 6.33. The van der Waals surface area contributed by atoms with E-state index in [1.807, 2.05) is 6.07 Å². The zero-order chi connectivity index (χ0) is 13.8. The topological polar surface area (TPSA) is 72.6 Å². The molecular weight excluding hydrogens is 280 g/mol. The molecule has 2 N–H and O–H groups in total. The minimum atomic E-state index is -0.877. The van der Waals surface area contributed by atoms with E-state index in [9.17, 15) is 9.59 Å². The van der Waals surface area contributed by atoms with Gasteiger partial charge in [0.2, 0.25) is 5.91 Å². The molecule has 0 aromatic heterocycles. The Morgan fingerprint density at radius 2 is 1.95 bits per heavy atom. The van der Waals surface area contributed by atoms with Crippen molar-refractivity contribution in [2.45, 2.75) is 25.3 Å². The molecule has 20 heavy (non-hydrogen) atoms. The van der Waals surface area contributed by atoms with E-state index in [2.05, 4.69) is 0 Å². The maximum atomic E-state index is 12.0. The molecule has 0 spiro atoms. The van der Waals surface area contributed by atoms with Crippen LogP contribution in [0, 0.1) is 5.92 Å². The van der Waals surface area contributed by atoms with E-state index < -0.39 is 12.0 Å². The molecule has 1 aromatic rings. The van der Waals surface area contributed by atoms with E-state index in [-0.39, 0.29) is 18.3 Å². The van der Waals surface area contributed by atoms with E-state index in [1.54, 1.807) is 24.3 Å². The highest BCUT2D eigenvalue weighted by atomic mass is 35.5. The van der Waals surface area contributed by atoms with Crippen LogP contribution in [0.1, 0.15) is 30.9 Å². The molecular formula is C14H19ClN2O3. The number of halogens is 1. The number of nitrogens with zero attached hydrogens (tertiary/aromatic N) is 1. The summed E-state index contributed by atoms with van der Waals surface area (Å²) < 4.78 is 4.75. The van der Waals surface area contributed by atoms with Gasteiger partial charge in [-0.3, -0.25) is 9.80 Å². The van der Waals surface area contributed by atoms with Crippen LogP contribution in [0.25, 0.3) is 0 Å². The van der Waals surface area contributed by atoms with Gasteiger partial charge in [-0.2, -0.15) is 0 Å². The second-order valence-electron chi connectivity index (χ2n) is 4.78. The molecule has 0 saturated heterocycles. The largest absolute Gasteiger partial charge is 0.467 e. The molecule has 6 heteroatoms. The zero-order valence-corrected chi connectivity index (χ0v) is 12.1. The molecule has 1 aromatic carbocycles. The number of hydrazine groups is 1. The van der Waals surface area contributed by atoms with Crippen LogP contribution in [0.5, 0.6) is 0 Å². The van der Waals surface area contributed by atoms with E-state index in [1.165, 1.54) is 7.11 Å². The molecule has 2 rings (SSSR count). The number of esters is 1. The standard InChI is InChI=1S/C14H18N2O3.ClH/c1-19-14(18)13(11-5-3-2-4-6-11)16(15)12(17)9-10-7-8-10;/h2-6,10,13H,7-9,15H2,1H3;1H/t13-;/m0./s1. The third-order valence-corrected chi connectivity index (χ3v) is 3.27. The summed E-state index contributed by atoms with van der Waals surface area (Å²) in [7, 11) is 1.29. The first-order valence-corrected chi connectivity index (χ1v) is 6.33. The first kappa shape index (κ1) is 16.5. The number of ether oxygens (including phenoxy) is 1. The molecule has 0 unspecified atom stereocenters. The van der Waals surface area contributed by atoms with Crippen molar-refractivity contribution >= 4 is 24.3 Å². The molecule has 1 amide bonds. The van der Waals surface area contributed by atoms with Crippen LogP contribution >= 0.6 is 12.4 Å². The molecule has 1 aliphatic carbocycles. The number of hydrogen-bond acceptors (Lipinski definition) is 4. The maximum Gasteiger partial charge on any atom is 0.334 e. The highest BCUT2D eigenvalue weighted by molar-refractivity contribution is 5.85. The number of amides is 1. The van der Waals surface area contributed by atoms with Gasteiger partial charge < -0.3 is 4.74 Å². The summed E-state index contributed by atoms with van der Waals surface area (Å²) in [6.07, 6.45) is 2.53. The molecule has 1 aliphatic rings. The summed E-state index contributed by atoms with van der Waals surface area (Å²) in [5.41, 5.74) is 0.654. The van der Waals surface area contributed by atoms with Crippen LogP contribution in [0.15, 0.2) is 30.3 Å². The SMILES string of the molecule is COC(=O)[C@H](c1ccccc1)N(N)C(=O)CC1CC1.Cl. The molecule has 0 radical (unpaired) electrons. The minimum Gasteiger partial charge on any atom is -0.467 e. The molecule has 0 aliphatic heterocycles. The van der Waals surface area contributed by atoms with Crippen LogP contribution in [0.3, 0.4) is 0 Å². The summed E-state index contributed by atoms with van der Waals surface area (Å²) >= 11 is 0. The van der Waals surface area contributed by atoms with E-state index in [0.29, 0.717) is 17.9 Å². The van der Waals surface area contributed by atoms with Crippen molar-refractivity contribution in [2.75, 3.05) is 7.11 Å². The summed E-state index contributed by atoms with van der Waals surface area (Å²) in [6.45, 7) is 0. The van der Waals surface area contributed by atoms with E-state index in [0.717, 1.165) is 17.9 Å². The Labute approximate surface area is 124 Å². The molecule has 0 bridgehead atoms. The van der Waals surface area contributed by atoms with Crippen LogP contribution in [-0.4, -0.2) is 24.0 Å². The molecule has 110 valence electrons. The Morgan fingerprint density at radius 3 is 2.45 bits per heavy atom. The van der Waals surface area contributed by atoms with Gasteiger partial charge in [-0.1, -0.05) is 30.3 Å². The number of carbonyl (C=O) groups is 2. The van der Waals surface area contributed by atoms with Gasteiger partial charge in [0.1, 0.15) is 0 Å². The van der Waals surface area contributed by atoms with Crippen LogP contribution < -0.4 is 5.84 Å². The van der Waals surface area contributed by atoms with Gasteiger partial charge in [-0.15, -0.1) is 12.4 Å². The van der Waals surface area contributed by atoms with Crippen LogP contribution in [0.4, 0.5) is 0 Å². The van der Waals surface area contributed by atoms with Crippen LogP contribution in [0.2, 0.25) is 0 Å². The van der Waals surface area contributed by atoms with Crippen molar-refractivity contribution < 1.29 is 14.3 Å². The van der Waals surface area contributed by atoms with Crippen molar-refractivity contribution in [3.8, 4) is 0 Å². The fourth-order valence-electron chi connectivity index (χ4n) is 1.98. The average molecular weight is 299 g/mol. The van der Waals surface area contributed by atoms with Crippen molar-refractivity contribution in [2.24, 2.45) is 11.8 Å². The number of hydrogen-bond donors (Lipinski definition) is 1. The lowest BCUT2D eigenvalue weighted by molar-refractivity contribution is -0.153. The van der Waals surface area contributed by atoms with Gasteiger partial charge in [0.25, 0.3) is 0 Å². The molecule has 0 heterocycles. The summed E-state index contributed by atoms with van der Waals surface area (Å²) in [5, 5.41) is 0.999. The van der Waals surface area contributed by atoms with Crippen molar-refractivity contribution in [1.29, 1.82) is 0 Å². The summed E-state index contributed by atoms with van der Waals surface area (Å²) in [5.74, 6) is 5.50. The smallest absolute Gasteiger partial charge is 0.334 e. The van der Waals surface area contributed by atoms with Gasteiger partial charge in [0.05, 0.1) is 7.11 Å². The number of benzene rings is 1. The predicted molar refractivity (Wildman–Crippen MR) is 76.8 cm³/mol. The van der Waals surface area contributed by atoms with Gasteiger partial charge in [-0.25, -0.2) is 10.6 Å². The maximum absolute atomic E-state index is 12.0. The number of nitrogens with two attached hydrogens (primary N) is 1. The first-order chi connectivity index (χ1) is 9.13. The Bertz CT molecular complexity index is 463. The normalized spacial score (nSPS) is 14.9. The van der Waals surface area contributed by atoms with Crippen molar-refractivity contribution in [1.82, 2.24) is 5.01 Å². The average Bonchev–Trinajstić information content (AvgIpc) is 3.23. The Balaban J connectivity index is 0.00000200. The number of methoxy groups -OCH3 is 1. The second-order valence-corrected chi connectivity index (χ2v) is 4.78. The number of rotatable bonds is 5. The highest BCUT2D eigenvalue weighted by Crippen LogP contribution is 2.33. The fourth-order valence-corrected chi connectivity index (χ4v) is 1.98. The zero-order valence-electron chi connectivity index (χ0n) is 11.3. The lowest BCUT2D eigenvalue weighted by Gasteiger charge is -2.25. The predicted octanol–water partition coefficient (Wildman–Crippen LogP) is 1.82. The summed E-state index contributed by atoms with van der Waals surface area (Å²) in [4.78, 5) is 23.9. The molecule has 5 nitrogen and oxygen atoms in total. The quantitative estimate of drug-likeness (QED) is 0.389. The molecule has 1 fully saturated rings. The van der Waals surface area contributed by atoms with Crippen molar-refractivity contribution in [3.63, 3.8) is 0 Å². The number of carbonyl (C=O) groups excluding carboxylic acids is 2. The van der Waals surface area contributed by atoms with Gasteiger partial charge in [-0.05, 0) is 24.3 Å². The lowest BCUT2D eigenvalue weighted by atomic mass is 10.1. The Hall–Kier alpha value is -1.59. The summed E-state index contributed by atoms with van der Waals surface area (Å²) in [6, 6.07) is 8.06. The van der Waals surface area contributed by atoms with E-state index in [4.69, 9.17) is 10.6 Å². The molecule has 1 saturated carbocycles. The monoisotopic (exact) mass is 298 g/mol. The highest BCUT2D eigenvalue weighted by Gasteiger charge is 2.33. The second kappa shape index (κ2) is 7.26. The van der Waals surface area contributed by atoms with Gasteiger partial charge >= 0.3 is 5.97 Å². The minimum absolute atomic E-state index is 0. The third kappa shape index (κ3) is 3.95.